The summed E-state index contributed by atoms with van der Waals surface area (Å²) < 4.78 is 0. The molecule has 1 saturated heterocycles. The lowest BCUT2D eigenvalue weighted by atomic mass is 9.63. The van der Waals surface area contributed by atoms with Gasteiger partial charge in [0.15, 0.2) is 0 Å². The molecule has 0 aromatic heterocycles. The average Bonchev–Trinajstić information content (AvgIpc) is 3.35. The fraction of sp³-hybridized carbons (Fsp3) is 0.474. The van der Waals surface area contributed by atoms with E-state index < -0.39 is 0 Å². The van der Waals surface area contributed by atoms with Crippen LogP contribution in [0.4, 0.5) is 5.69 Å². The SMILES string of the molecule is Cc1ccc(NCN2C(=O)[C@@H]3[C@H]4C=C[C@H]([C@H]5C[C@H]45)[C@@H]3C2=O)cc1Cl. The molecule has 4 aliphatic carbocycles. The Labute approximate surface area is 145 Å². The molecule has 6 atom stereocenters. The van der Waals surface area contributed by atoms with E-state index >= 15 is 0 Å². The number of carbonyl (C=O) groups excluding carboxylic acids is 2. The van der Waals surface area contributed by atoms with Crippen LogP contribution in [0, 0.1) is 42.4 Å². The molecule has 2 bridgehead atoms. The number of imide groups is 1. The number of amides is 2. The molecule has 6 rings (SSSR count). The molecule has 5 heteroatoms. The molecule has 0 radical (unpaired) electrons. The van der Waals surface area contributed by atoms with Gasteiger partial charge in [-0.1, -0.05) is 29.8 Å². The molecule has 1 aromatic carbocycles. The molecule has 1 N–H and O–H groups in total. The summed E-state index contributed by atoms with van der Waals surface area (Å²) in [5.74, 6) is 1.59. The third-order valence-corrected chi connectivity index (χ3v) is 6.77. The average molecular weight is 343 g/mol. The first-order chi connectivity index (χ1) is 11.6. The van der Waals surface area contributed by atoms with Crippen LogP contribution in [0.2, 0.25) is 5.02 Å². The summed E-state index contributed by atoms with van der Waals surface area (Å²) in [6.45, 7) is 2.16. The molecule has 1 aliphatic heterocycles. The highest BCUT2D eigenvalue weighted by Gasteiger charge is 2.66. The van der Waals surface area contributed by atoms with Crippen LogP contribution in [0.25, 0.3) is 0 Å². The Kier molecular flexibility index (Phi) is 2.94. The summed E-state index contributed by atoms with van der Waals surface area (Å²) in [5, 5.41) is 3.85. The van der Waals surface area contributed by atoms with Crippen LogP contribution in [0.15, 0.2) is 30.4 Å². The van der Waals surface area contributed by atoms with Crippen LogP contribution in [-0.2, 0) is 9.59 Å². The molecule has 5 aliphatic rings. The van der Waals surface area contributed by atoms with Crippen molar-refractivity contribution in [1.29, 1.82) is 0 Å². The second-order valence-corrected chi connectivity index (χ2v) is 7.97. The van der Waals surface area contributed by atoms with Crippen LogP contribution >= 0.6 is 11.6 Å². The Morgan fingerprint density at radius 3 is 2.33 bits per heavy atom. The van der Waals surface area contributed by atoms with Crippen molar-refractivity contribution in [3.8, 4) is 0 Å². The molecule has 0 unspecified atom stereocenters. The van der Waals surface area contributed by atoms with Crippen molar-refractivity contribution in [2.24, 2.45) is 35.5 Å². The summed E-state index contributed by atoms with van der Waals surface area (Å²) in [6, 6.07) is 5.67. The first-order valence-corrected chi connectivity index (χ1v) is 8.97. The Hall–Kier alpha value is -1.81. The Morgan fingerprint density at radius 2 is 1.75 bits per heavy atom. The number of benzene rings is 1. The van der Waals surface area contributed by atoms with E-state index in [0.717, 1.165) is 11.3 Å². The maximum absolute atomic E-state index is 12.9. The minimum atomic E-state index is -0.125. The van der Waals surface area contributed by atoms with E-state index in [1.54, 1.807) is 0 Å². The van der Waals surface area contributed by atoms with Gasteiger partial charge >= 0.3 is 0 Å². The Balaban J connectivity index is 1.36. The maximum atomic E-state index is 12.9. The molecule has 2 saturated carbocycles. The number of halogens is 1. The lowest BCUT2D eigenvalue weighted by Gasteiger charge is -2.37. The van der Waals surface area contributed by atoms with Gasteiger partial charge in [-0.3, -0.25) is 14.5 Å². The van der Waals surface area contributed by atoms with Gasteiger partial charge in [0.1, 0.15) is 0 Å². The number of nitrogens with zero attached hydrogens (tertiary/aromatic N) is 1. The number of anilines is 1. The predicted molar refractivity (Wildman–Crippen MR) is 91.2 cm³/mol. The van der Waals surface area contributed by atoms with Crippen molar-refractivity contribution in [2.75, 3.05) is 12.0 Å². The van der Waals surface area contributed by atoms with Crippen molar-refractivity contribution < 1.29 is 9.59 Å². The van der Waals surface area contributed by atoms with E-state index in [0.29, 0.717) is 16.9 Å². The quantitative estimate of drug-likeness (QED) is 0.678. The summed E-state index contributed by atoms with van der Waals surface area (Å²) in [5.41, 5.74) is 1.83. The van der Waals surface area contributed by atoms with E-state index in [-0.39, 0.29) is 42.2 Å². The third-order valence-electron chi connectivity index (χ3n) is 6.37. The summed E-state index contributed by atoms with van der Waals surface area (Å²) in [7, 11) is 0. The highest BCUT2D eigenvalue weighted by molar-refractivity contribution is 6.31. The topological polar surface area (TPSA) is 49.4 Å². The summed E-state index contributed by atoms with van der Waals surface area (Å²) >= 11 is 6.14. The number of hydrogen-bond acceptors (Lipinski definition) is 3. The zero-order valence-corrected chi connectivity index (χ0v) is 14.2. The zero-order valence-electron chi connectivity index (χ0n) is 13.4. The number of nitrogens with one attached hydrogen (secondary N) is 1. The van der Waals surface area contributed by atoms with Gasteiger partial charge in [-0.2, -0.15) is 0 Å². The van der Waals surface area contributed by atoms with Crippen molar-refractivity contribution in [1.82, 2.24) is 4.90 Å². The highest BCUT2D eigenvalue weighted by atomic mass is 35.5. The lowest BCUT2D eigenvalue weighted by molar-refractivity contribution is -0.139. The molecule has 124 valence electrons. The maximum Gasteiger partial charge on any atom is 0.235 e. The van der Waals surface area contributed by atoms with Crippen molar-refractivity contribution in [2.45, 2.75) is 13.3 Å². The Bertz CT molecular complexity index is 754. The molecule has 3 fully saturated rings. The van der Waals surface area contributed by atoms with E-state index in [1.807, 2.05) is 25.1 Å². The minimum Gasteiger partial charge on any atom is -0.367 e. The number of carbonyl (C=O) groups is 2. The smallest absolute Gasteiger partial charge is 0.235 e. The number of hydrogen-bond donors (Lipinski definition) is 1. The second-order valence-electron chi connectivity index (χ2n) is 7.56. The number of aryl methyl sites for hydroxylation is 1. The second kappa shape index (κ2) is 4.85. The number of likely N-dealkylation sites (tertiary alicyclic amines) is 1. The molecule has 0 spiro atoms. The van der Waals surface area contributed by atoms with Crippen molar-refractivity contribution in [3.05, 3.63) is 40.9 Å². The monoisotopic (exact) mass is 342 g/mol. The number of allylic oxidation sites excluding steroid dienone is 2. The van der Waals surface area contributed by atoms with E-state index in [1.165, 1.54) is 11.3 Å². The molecule has 4 nitrogen and oxygen atoms in total. The van der Waals surface area contributed by atoms with E-state index in [9.17, 15) is 9.59 Å². The first kappa shape index (κ1) is 14.5. The van der Waals surface area contributed by atoms with Gasteiger partial charge in [0, 0.05) is 10.7 Å². The lowest BCUT2D eigenvalue weighted by Crippen LogP contribution is -2.40. The van der Waals surface area contributed by atoms with Gasteiger partial charge in [0.05, 0.1) is 18.5 Å². The third kappa shape index (κ3) is 1.86. The zero-order chi connectivity index (χ0) is 16.6. The standard InChI is InChI=1S/C19H19ClN2O2/c1-9-2-3-10(6-15(9)20)21-8-22-18(23)16-11-4-5-12(14-7-13(11)14)17(16)19(22)24/h2-6,11-14,16-17,21H,7-8H2,1H3/t11-,12+,13-,14-,16+,17-/m1/s1. The van der Waals surface area contributed by atoms with Crippen LogP contribution in [0.1, 0.15) is 12.0 Å². The van der Waals surface area contributed by atoms with Gasteiger partial charge in [0.2, 0.25) is 11.8 Å². The molecular formula is C19H19ClN2O2. The molecule has 2 amide bonds. The van der Waals surface area contributed by atoms with Crippen LogP contribution in [-0.4, -0.2) is 23.4 Å². The van der Waals surface area contributed by atoms with Gasteiger partial charge in [-0.05, 0) is 54.7 Å². The van der Waals surface area contributed by atoms with E-state index in [4.69, 9.17) is 11.6 Å². The van der Waals surface area contributed by atoms with Crippen molar-refractivity contribution >= 4 is 29.1 Å². The fourth-order valence-electron chi connectivity index (χ4n) is 5.05. The van der Waals surface area contributed by atoms with Crippen LogP contribution in [0.3, 0.4) is 0 Å². The van der Waals surface area contributed by atoms with Crippen LogP contribution in [0.5, 0.6) is 0 Å². The fourth-order valence-corrected chi connectivity index (χ4v) is 5.23. The summed E-state index contributed by atoms with van der Waals surface area (Å²) in [6.07, 6.45) is 5.58. The number of rotatable bonds is 3. The van der Waals surface area contributed by atoms with Gasteiger partial charge in [-0.15, -0.1) is 0 Å². The minimum absolute atomic E-state index is 0.000378. The van der Waals surface area contributed by atoms with Gasteiger partial charge in [0.25, 0.3) is 0 Å². The van der Waals surface area contributed by atoms with Crippen LogP contribution < -0.4 is 5.32 Å². The largest absolute Gasteiger partial charge is 0.367 e. The first-order valence-electron chi connectivity index (χ1n) is 8.60. The van der Waals surface area contributed by atoms with Crippen molar-refractivity contribution in [3.63, 3.8) is 0 Å². The predicted octanol–water partition coefficient (Wildman–Crippen LogP) is 3.07. The molecule has 1 aromatic rings. The summed E-state index contributed by atoms with van der Waals surface area (Å²) in [4.78, 5) is 27.1. The highest BCUT2D eigenvalue weighted by Crippen LogP contribution is 2.65. The van der Waals surface area contributed by atoms with Gasteiger partial charge in [-0.25, -0.2) is 0 Å². The molecule has 1 heterocycles. The molecule has 24 heavy (non-hydrogen) atoms. The van der Waals surface area contributed by atoms with E-state index in [2.05, 4.69) is 17.5 Å². The Morgan fingerprint density at radius 1 is 1.12 bits per heavy atom. The van der Waals surface area contributed by atoms with Gasteiger partial charge < -0.3 is 5.32 Å². The molecular weight excluding hydrogens is 324 g/mol. The normalized spacial score (nSPS) is 38.3.